The van der Waals surface area contributed by atoms with Crippen LogP contribution in [0.2, 0.25) is 0 Å². The minimum Gasteiger partial charge on any atom is -0.497 e. The molecule has 0 radical (unpaired) electrons. The number of rotatable bonds is 5. The first-order valence-electron chi connectivity index (χ1n) is 7.08. The number of carbonyl (C=O) groups is 1. The number of unbranched alkanes of at least 4 members (excludes halogenated alkanes) is 1. The lowest BCUT2D eigenvalue weighted by Gasteiger charge is -2.20. The molecule has 0 N–H and O–H groups in total. The van der Waals surface area contributed by atoms with Crippen molar-refractivity contribution in [2.24, 2.45) is 5.92 Å². The Kier molecular flexibility index (Phi) is 4.46. The summed E-state index contributed by atoms with van der Waals surface area (Å²) in [5.74, 6) is 1.35. The summed E-state index contributed by atoms with van der Waals surface area (Å²) in [6, 6.07) is 8.25. The smallest absolute Gasteiger partial charge is 0.226 e. The van der Waals surface area contributed by atoms with Gasteiger partial charge in [-0.1, -0.05) is 31.9 Å². The number of nitrogens with zero attached hydrogens (tertiary/aromatic N) is 1. The second kappa shape index (κ2) is 6.09. The highest BCUT2D eigenvalue weighted by molar-refractivity contribution is 5.81. The molecule has 0 bridgehead atoms. The zero-order valence-corrected chi connectivity index (χ0v) is 12.1. The molecule has 1 amide bonds. The van der Waals surface area contributed by atoms with Gasteiger partial charge in [-0.15, -0.1) is 0 Å². The van der Waals surface area contributed by atoms with Crippen molar-refractivity contribution in [1.29, 1.82) is 0 Å². The van der Waals surface area contributed by atoms with Crippen LogP contribution in [0, 0.1) is 5.92 Å². The standard InChI is InChI=1S/C16H23NO2/c1-4-5-7-13-11-15(17(2)16(13)18)12-8-6-9-14(10-12)19-3/h6,8-10,13,15H,4-5,7,11H2,1-3H3. The summed E-state index contributed by atoms with van der Waals surface area (Å²) in [4.78, 5) is 14.1. The molecule has 0 spiro atoms. The molecule has 2 rings (SSSR count). The Labute approximate surface area is 115 Å². The van der Waals surface area contributed by atoms with Crippen molar-refractivity contribution < 1.29 is 9.53 Å². The minimum absolute atomic E-state index is 0.196. The molecule has 3 heteroatoms. The van der Waals surface area contributed by atoms with Crippen molar-refractivity contribution in [3.63, 3.8) is 0 Å². The van der Waals surface area contributed by atoms with Crippen molar-refractivity contribution in [2.45, 2.75) is 38.6 Å². The second-order valence-corrected chi connectivity index (χ2v) is 5.32. The van der Waals surface area contributed by atoms with Crippen molar-refractivity contribution in [3.05, 3.63) is 29.8 Å². The highest BCUT2D eigenvalue weighted by Gasteiger charge is 2.37. The molecule has 1 heterocycles. The summed E-state index contributed by atoms with van der Waals surface area (Å²) in [6.07, 6.45) is 4.23. The van der Waals surface area contributed by atoms with Gasteiger partial charge in [-0.05, 0) is 30.5 Å². The fourth-order valence-corrected chi connectivity index (χ4v) is 2.87. The van der Waals surface area contributed by atoms with Gasteiger partial charge in [-0.3, -0.25) is 4.79 Å². The van der Waals surface area contributed by atoms with Crippen LogP contribution in [0.15, 0.2) is 24.3 Å². The van der Waals surface area contributed by atoms with Crippen molar-refractivity contribution in [1.82, 2.24) is 4.90 Å². The largest absolute Gasteiger partial charge is 0.497 e. The molecule has 0 aromatic heterocycles. The molecule has 0 saturated carbocycles. The van der Waals surface area contributed by atoms with Crippen LogP contribution in [0.3, 0.4) is 0 Å². The van der Waals surface area contributed by atoms with E-state index in [0.29, 0.717) is 5.91 Å². The van der Waals surface area contributed by atoms with Gasteiger partial charge in [0.05, 0.1) is 13.2 Å². The maximum absolute atomic E-state index is 12.2. The zero-order chi connectivity index (χ0) is 13.8. The maximum atomic E-state index is 12.2. The van der Waals surface area contributed by atoms with E-state index in [1.807, 2.05) is 30.1 Å². The molecule has 1 saturated heterocycles. The lowest BCUT2D eigenvalue weighted by Crippen LogP contribution is -2.25. The fourth-order valence-electron chi connectivity index (χ4n) is 2.87. The Morgan fingerprint density at radius 1 is 1.42 bits per heavy atom. The van der Waals surface area contributed by atoms with Crippen LogP contribution in [0.4, 0.5) is 0 Å². The molecule has 19 heavy (non-hydrogen) atoms. The van der Waals surface area contributed by atoms with Gasteiger partial charge in [-0.25, -0.2) is 0 Å². The number of hydrogen-bond donors (Lipinski definition) is 0. The number of ether oxygens (including phenoxy) is 1. The van der Waals surface area contributed by atoms with Crippen molar-refractivity contribution >= 4 is 5.91 Å². The van der Waals surface area contributed by atoms with E-state index in [1.165, 1.54) is 5.56 Å². The SMILES string of the molecule is CCCCC1CC(c2cccc(OC)c2)N(C)C1=O. The van der Waals surface area contributed by atoms with E-state index < -0.39 is 0 Å². The molecule has 1 aromatic carbocycles. The third kappa shape index (κ3) is 2.91. The van der Waals surface area contributed by atoms with Crippen LogP contribution in [0.5, 0.6) is 5.75 Å². The molecular weight excluding hydrogens is 238 g/mol. The Balaban J connectivity index is 2.14. The molecule has 104 valence electrons. The molecule has 1 fully saturated rings. The topological polar surface area (TPSA) is 29.5 Å². The van der Waals surface area contributed by atoms with Crippen molar-refractivity contribution in [3.8, 4) is 5.75 Å². The van der Waals surface area contributed by atoms with Gasteiger partial charge in [0.2, 0.25) is 5.91 Å². The van der Waals surface area contributed by atoms with E-state index in [-0.39, 0.29) is 12.0 Å². The lowest BCUT2D eigenvalue weighted by atomic mass is 9.95. The van der Waals surface area contributed by atoms with E-state index in [1.54, 1.807) is 7.11 Å². The monoisotopic (exact) mass is 261 g/mol. The van der Waals surface area contributed by atoms with Crippen molar-refractivity contribution in [2.75, 3.05) is 14.2 Å². The number of methoxy groups -OCH3 is 1. The fraction of sp³-hybridized carbons (Fsp3) is 0.562. The number of benzene rings is 1. The van der Waals surface area contributed by atoms with Gasteiger partial charge in [0.25, 0.3) is 0 Å². The highest BCUT2D eigenvalue weighted by atomic mass is 16.5. The molecule has 1 aromatic rings. The number of hydrogen-bond acceptors (Lipinski definition) is 2. The maximum Gasteiger partial charge on any atom is 0.226 e. The summed E-state index contributed by atoms with van der Waals surface area (Å²) < 4.78 is 5.26. The zero-order valence-electron chi connectivity index (χ0n) is 12.1. The van der Waals surface area contributed by atoms with Gasteiger partial charge in [0.1, 0.15) is 5.75 Å². The first-order valence-corrected chi connectivity index (χ1v) is 7.08. The molecule has 1 aliphatic heterocycles. The van der Waals surface area contributed by atoms with E-state index in [2.05, 4.69) is 13.0 Å². The first-order chi connectivity index (χ1) is 9.17. The van der Waals surface area contributed by atoms with E-state index in [4.69, 9.17) is 4.74 Å². The van der Waals surface area contributed by atoms with Crippen LogP contribution in [-0.2, 0) is 4.79 Å². The summed E-state index contributed by atoms with van der Waals surface area (Å²) in [5, 5.41) is 0. The van der Waals surface area contributed by atoms with Crippen LogP contribution >= 0.6 is 0 Å². The Hall–Kier alpha value is -1.51. The molecule has 1 aliphatic rings. The molecule has 2 unspecified atom stereocenters. The molecule has 0 aliphatic carbocycles. The quantitative estimate of drug-likeness (QED) is 0.813. The van der Waals surface area contributed by atoms with Gasteiger partial charge in [0.15, 0.2) is 0 Å². The first kappa shape index (κ1) is 13.9. The lowest BCUT2D eigenvalue weighted by molar-refractivity contribution is -0.131. The third-order valence-electron chi connectivity index (χ3n) is 4.06. The van der Waals surface area contributed by atoms with Crippen LogP contribution < -0.4 is 4.74 Å². The highest BCUT2D eigenvalue weighted by Crippen LogP contribution is 2.38. The van der Waals surface area contributed by atoms with E-state index in [0.717, 1.165) is 31.4 Å². The number of carbonyl (C=O) groups excluding carboxylic acids is 1. The predicted molar refractivity (Wildman–Crippen MR) is 76.1 cm³/mol. The minimum atomic E-state index is 0.196. The summed E-state index contributed by atoms with van der Waals surface area (Å²) in [5.41, 5.74) is 1.18. The normalized spacial score (nSPS) is 22.9. The molecule has 3 nitrogen and oxygen atoms in total. The van der Waals surface area contributed by atoms with Crippen LogP contribution in [-0.4, -0.2) is 25.0 Å². The number of amides is 1. The van der Waals surface area contributed by atoms with E-state index >= 15 is 0 Å². The predicted octanol–water partition coefficient (Wildman–Crippen LogP) is 3.40. The Morgan fingerprint density at radius 2 is 2.21 bits per heavy atom. The van der Waals surface area contributed by atoms with Gasteiger partial charge in [0, 0.05) is 13.0 Å². The average molecular weight is 261 g/mol. The van der Waals surface area contributed by atoms with Gasteiger partial charge < -0.3 is 9.64 Å². The second-order valence-electron chi connectivity index (χ2n) is 5.32. The summed E-state index contributed by atoms with van der Waals surface area (Å²) >= 11 is 0. The number of likely N-dealkylation sites (tertiary alicyclic amines) is 1. The summed E-state index contributed by atoms with van der Waals surface area (Å²) in [7, 11) is 3.59. The Morgan fingerprint density at radius 3 is 2.89 bits per heavy atom. The van der Waals surface area contributed by atoms with E-state index in [9.17, 15) is 4.79 Å². The average Bonchev–Trinajstić information content (AvgIpc) is 2.73. The Bertz CT molecular complexity index is 444. The van der Waals surface area contributed by atoms with Crippen LogP contribution in [0.1, 0.15) is 44.2 Å². The van der Waals surface area contributed by atoms with Gasteiger partial charge >= 0.3 is 0 Å². The molecular formula is C16H23NO2. The summed E-state index contributed by atoms with van der Waals surface area (Å²) in [6.45, 7) is 2.17. The molecule has 2 atom stereocenters. The van der Waals surface area contributed by atoms with Gasteiger partial charge in [-0.2, -0.15) is 0 Å². The van der Waals surface area contributed by atoms with Crippen LogP contribution in [0.25, 0.3) is 0 Å². The third-order valence-corrected chi connectivity index (χ3v) is 4.06.